The Hall–Kier alpha value is -1.41. The fourth-order valence-corrected chi connectivity index (χ4v) is 1.75. The molecular formula is C15H20N2. The van der Waals surface area contributed by atoms with Crippen LogP contribution in [0, 0.1) is 5.92 Å². The topological polar surface area (TPSA) is 24.9 Å². The Bertz CT molecular complexity index is 491. The highest BCUT2D eigenvalue weighted by atomic mass is 14.9. The first-order valence-corrected chi connectivity index (χ1v) is 6.24. The predicted molar refractivity (Wildman–Crippen MR) is 72.9 cm³/mol. The zero-order chi connectivity index (χ0) is 12.3. The molecule has 1 unspecified atom stereocenters. The molecule has 90 valence electrons. The maximum atomic E-state index is 4.33. The van der Waals surface area contributed by atoms with Crippen LogP contribution in [0.1, 0.15) is 26.3 Å². The van der Waals surface area contributed by atoms with Crippen molar-refractivity contribution in [3.05, 3.63) is 42.1 Å². The second-order valence-corrected chi connectivity index (χ2v) is 4.94. The van der Waals surface area contributed by atoms with Crippen molar-refractivity contribution >= 4 is 10.9 Å². The van der Waals surface area contributed by atoms with Crippen molar-refractivity contribution in [3.8, 4) is 0 Å². The normalized spacial score (nSPS) is 13.2. The minimum absolute atomic E-state index is 0.541. The summed E-state index contributed by atoms with van der Waals surface area (Å²) < 4.78 is 0. The zero-order valence-electron chi connectivity index (χ0n) is 10.8. The summed E-state index contributed by atoms with van der Waals surface area (Å²) in [5, 5.41) is 4.75. The Morgan fingerprint density at radius 2 is 2.00 bits per heavy atom. The van der Waals surface area contributed by atoms with Crippen molar-refractivity contribution in [3.63, 3.8) is 0 Å². The van der Waals surface area contributed by atoms with Gasteiger partial charge in [-0.15, -0.1) is 0 Å². The van der Waals surface area contributed by atoms with Gasteiger partial charge in [0, 0.05) is 24.2 Å². The first kappa shape index (κ1) is 12.1. The molecule has 0 saturated carbocycles. The van der Waals surface area contributed by atoms with Crippen LogP contribution in [0.3, 0.4) is 0 Å². The van der Waals surface area contributed by atoms with E-state index in [1.165, 1.54) is 10.9 Å². The summed E-state index contributed by atoms with van der Waals surface area (Å²) in [6.07, 6.45) is 1.83. The second-order valence-electron chi connectivity index (χ2n) is 4.94. The van der Waals surface area contributed by atoms with E-state index in [2.05, 4.69) is 55.3 Å². The number of hydrogen-bond acceptors (Lipinski definition) is 2. The summed E-state index contributed by atoms with van der Waals surface area (Å²) in [6.45, 7) is 7.63. The monoisotopic (exact) mass is 228 g/mol. The van der Waals surface area contributed by atoms with E-state index in [0.29, 0.717) is 12.0 Å². The fourth-order valence-electron chi connectivity index (χ4n) is 1.75. The van der Waals surface area contributed by atoms with E-state index in [1.807, 2.05) is 12.3 Å². The molecule has 1 aromatic carbocycles. The molecule has 0 spiro atoms. The molecule has 0 radical (unpaired) electrons. The lowest BCUT2D eigenvalue weighted by Crippen LogP contribution is -2.30. The van der Waals surface area contributed by atoms with Crippen LogP contribution in [0.4, 0.5) is 0 Å². The number of aromatic nitrogens is 1. The van der Waals surface area contributed by atoms with Crippen LogP contribution in [0.2, 0.25) is 0 Å². The zero-order valence-corrected chi connectivity index (χ0v) is 10.8. The molecule has 1 atom stereocenters. The highest BCUT2D eigenvalue weighted by Crippen LogP contribution is 2.13. The lowest BCUT2D eigenvalue weighted by Gasteiger charge is -2.17. The molecule has 0 saturated heterocycles. The van der Waals surface area contributed by atoms with E-state index in [9.17, 15) is 0 Å². The molecule has 0 amide bonds. The number of nitrogens with one attached hydrogen (secondary N) is 1. The predicted octanol–water partition coefficient (Wildman–Crippen LogP) is 3.37. The van der Waals surface area contributed by atoms with Crippen LogP contribution in [0.5, 0.6) is 0 Å². The van der Waals surface area contributed by atoms with Gasteiger partial charge >= 0.3 is 0 Å². The minimum atomic E-state index is 0.541. The van der Waals surface area contributed by atoms with Crippen molar-refractivity contribution in [2.45, 2.75) is 33.4 Å². The van der Waals surface area contributed by atoms with Gasteiger partial charge in [-0.3, -0.25) is 4.98 Å². The van der Waals surface area contributed by atoms with Crippen molar-refractivity contribution in [2.24, 2.45) is 5.92 Å². The molecular weight excluding hydrogens is 208 g/mol. The SMILES string of the molecule is CC(C)C(C)NCc1ccc2ncccc2c1. The third kappa shape index (κ3) is 3.04. The summed E-state index contributed by atoms with van der Waals surface area (Å²) in [5.74, 6) is 0.664. The number of benzene rings is 1. The Morgan fingerprint density at radius 3 is 2.76 bits per heavy atom. The lowest BCUT2D eigenvalue weighted by atomic mass is 10.1. The van der Waals surface area contributed by atoms with Crippen molar-refractivity contribution < 1.29 is 0 Å². The number of hydrogen-bond donors (Lipinski definition) is 1. The maximum absolute atomic E-state index is 4.33. The number of pyridine rings is 1. The van der Waals surface area contributed by atoms with Crippen LogP contribution in [-0.4, -0.2) is 11.0 Å². The molecule has 2 aromatic rings. The van der Waals surface area contributed by atoms with Gasteiger partial charge in [0.15, 0.2) is 0 Å². The third-order valence-corrected chi connectivity index (χ3v) is 3.30. The van der Waals surface area contributed by atoms with Gasteiger partial charge < -0.3 is 5.32 Å². The molecule has 2 rings (SSSR count). The van der Waals surface area contributed by atoms with E-state index in [-0.39, 0.29) is 0 Å². The number of rotatable bonds is 4. The molecule has 2 heteroatoms. The number of nitrogens with zero attached hydrogens (tertiary/aromatic N) is 1. The van der Waals surface area contributed by atoms with E-state index in [4.69, 9.17) is 0 Å². The summed E-state index contributed by atoms with van der Waals surface area (Å²) in [6, 6.07) is 11.1. The summed E-state index contributed by atoms with van der Waals surface area (Å²) >= 11 is 0. The van der Waals surface area contributed by atoms with Gasteiger partial charge in [-0.2, -0.15) is 0 Å². The fraction of sp³-hybridized carbons (Fsp3) is 0.400. The van der Waals surface area contributed by atoms with E-state index in [0.717, 1.165) is 12.1 Å². The van der Waals surface area contributed by atoms with Crippen LogP contribution in [0.15, 0.2) is 36.5 Å². The van der Waals surface area contributed by atoms with Gasteiger partial charge in [0.1, 0.15) is 0 Å². The Morgan fingerprint density at radius 1 is 1.18 bits per heavy atom. The van der Waals surface area contributed by atoms with Gasteiger partial charge in [0.2, 0.25) is 0 Å². The average molecular weight is 228 g/mol. The summed E-state index contributed by atoms with van der Waals surface area (Å²) in [7, 11) is 0. The van der Waals surface area contributed by atoms with E-state index >= 15 is 0 Å². The molecule has 0 aliphatic rings. The highest BCUT2D eigenvalue weighted by molar-refractivity contribution is 5.78. The first-order valence-electron chi connectivity index (χ1n) is 6.24. The van der Waals surface area contributed by atoms with Gasteiger partial charge in [-0.25, -0.2) is 0 Å². The van der Waals surface area contributed by atoms with Gasteiger partial charge in [0.05, 0.1) is 5.52 Å². The molecule has 0 aliphatic heterocycles. The molecule has 1 N–H and O–H groups in total. The van der Waals surface area contributed by atoms with Crippen LogP contribution >= 0.6 is 0 Å². The second kappa shape index (κ2) is 5.28. The third-order valence-electron chi connectivity index (χ3n) is 3.30. The molecule has 2 nitrogen and oxygen atoms in total. The largest absolute Gasteiger partial charge is 0.310 e. The van der Waals surface area contributed by atoms with E-state index in [1.54, 1.807) is 0 Å². The molecule has 1 heterocycles. The molecule has 17 heavy (non-hydrogen) atoms. The van der Waals surface area contributed by atoms with Gasteiger partial charge in [-0.05, 0) is 36.6 Å². The number of fused-ring (bicyclic) bond motifs is 1. The summed E-state index contributed by atoms with van der Waals surface area (Å²) in [4.78, 5) is 4.33. The van der Waals surface area contributed by atoms with Crippen molar-refractivity contribution in [1.29, 1.82) is 0 Å². The molecule has 0 aliphatic carbocycles. The highest BCUT2D eigenvalue weighted by Gasteiger charge is 2.05. The van der Waals surface area contributed by atoms with Crippen LogP contribution in [-0.2, 0) is 6.54 Å². The van der Waals surface area contributed by atoms with Crippen LogP contribution < -0.4 is 5.32 Å². The molecule has 1 aromatic heterocycles. The lowest BCUT2D eigenvalue weighted by molar-refractivity contribution is 0.426. The quantitative estimate of drug-likeness (QED) is 0.868. The van der Waals surface area contributed by atoms with Gasteiger partial charge in [0.25, 0.3) is 0 Å². The Labute approximate surface area is 103 Å². The van der Waals surface area contributed by atoms with Crippen molar-refractivity contribution in [1.82, 2.24) is 10.3 Å². The Kier molecular flexibility index (Phi) is 3.75. The standard InChI is InChI=1S/C15H20N2/c1-11(2)12(3)17-10-13-6-7-15-14(9-13)5-4-8-16-15/h4-9,11-12,17H,10H2,1-3H3. The minimum Gasteiger partial charge on any atom is -0.310 e. The Balaban J connectivity index is 2.09. The van der Waals surface area contributed by atoms with Crippen LogP contribution in [0.25, 0.3) is 10.9 Å². The van der Waals surface area contributed by atoms with E-state index < -0.39 is 0 Å². The van der Waals surface area contributed by atoms with Gasteiger partial charge in [-0.1, -0.05) is 26.0 Å². The average Bonchev–Trinajstić information content (AvgIpc) is 2.35. The summed E-state index contributed by atoms with van der Waals surface area (Å²) in [5.41, 5.74) is 2.38. The molecule has 0 bridgehead atoms. The maximum Gasteiger partial charge on any atom is 0.0702 e. The molecule has 0 fully saturated rings. The first-order chi connectivity index (χ1) is 8.16. The van der Waals surface area contributed by atoms with Crippen molar-refractivity contribution in [2.75, 3.05) is 0 Å². The smallest absolute Gasteiger partial charge is 0.0702 e.